The molecular weight excluding hydrogens is 238 g/mol. The highest BCUT2D eigenvalue weighted by molar-refractivity contribution is 7.89. The summed E-state index contributed by atoms with van der Waals surface area (Å²) >= 11 is 0. The predicted molar refractivity (Wildman–Crippen MR) is 70.5 cm³/mol. The highest BCUT2D eigenvalue weighted by atomic mass is 32.2. The first-order valence-electron chi connectivity index (χ1n) is 6.32. The van der Waals surface area contributed by atoms with Crippen LogP contribution in [0.25, 0.3) is 0 Å². The molecule has 0 heterocycles. The van der Waals surface area contributed by atoms with Crippen LogP contribution in [-0.4, -0.2) is 33.1 Å². The van der Waals surface area contributed by atoms with Crippen molar-refractivity contribution in [1.29, 1.82) is 0 Å². The summed E-state index contributed by atoms with van der Waals surface area (Å²) in [7, 11) is -3.17. The fraction of sp³-hybridized carbons (Fsp3) is 0.909. The van der Waals surface area contributed by atoms with Crippen molar-refractivity contribution in [3.8, 4) is 0 Å². The SMILES string of the molecule is CCNS(=O)(=O)CCN=C(N)C1CCCCC1. The molecule has 6 heteroatoms. The molecule has 17 heavy (non-hydrogen) atoms. The molecule has 0 spiro atoms. The molecule has 1 fully saturated rings. The van der Waals surface area contributed by atoms with Crippen molar-refractivity contribution in [3.05, 3.63) is 0 Å². The molecule has 3 N–H and O–H groups in total. The van der Waals surface area contributed by atoms with Crippen LogP contribution in [0, 0.1) is 5.92 Å². The van der Waals surface area contributed by atoms with Crippen LogP contribution in [-0.2, 0) is 10.0 Å². The first-order chi connectivity index (χ1) is 8.05. The zero-order chi connectivity index (χ0) is 12.7. The van der Waals surface area contributed by atoms with E-state index in [1.165, 1.54) is 19.3 Å². The van der Waals surface area contributed by atoms with E-state index in [1.54, 1.807) is 6.92 Å². The summed E-state index contributed by atoms with van der Waals surface area (Å²) in [6.45, 7) is 2.44. The normalized spacial score (nSPS) is 19.5. The standard InChI is InChI=1S/C11H23N3O2S/c1-2-14-17(15,16)9-8-13-11(12)10-6-4-3-5-7-10/h10,14H,2-9H2,1H3,(H2,12,13). The molecule has 0 aromatic carbocycles. The minimum Gasteiger partial charge on any atom is -0.387 e. The van der Waals surface area contributed by atoms with E-state index in [1.807, 2.05) is 0 Å². The van der Waals surface area contributed by atoms with Crippen LogP contribution >= 0.6 is 0 Å². The van der Waals surface area contributed by atoms with Crippen molar-refractivity contribution in [3.63, 3.8) is 0 Å². The average molecular weight is 261 g/mol. The van der Waals surface area contributed by atoms with Gasteiger partial charge in [-0.25, -0.2) is 13.1 Å². The van der Waals surface area contributed by atoms with Crippen LogP contribution in [0.1, 0.15) is 39.0 Å². The third kappa shape index (κ3) is 5.50. The van der Waals surface area contributed by atoms with Gasteiger partial charge in [0.2, 0.25) is 10.0 Å². The second kappa shape index (κ2) is 6.96. The maximum absolute atomic E-state index is 11.4. The Balaban J connectivity index is 2.37. The lowest BCUT2D eigenvalue weighted by molar-refractivity contribution is 0.436. The fourth-order valence-corrected chi connectivity index (χ4v) is 3.03. The average Bonchev–Trinajstić information content (AvgIpc) is 2.29. The van der Waals surface area contributed by atoms with Gasteiger partial charge in [0, 0.05) is 12.5 Å². The van der Waals surface area contributed by atoms with E-state index in [4.69, 9.17) is 5.73 Å². The third-order valence-electron chi connectivity index (χ3n) is 3.04. The number of nitrogens with two attached hydrogens (primary N) is 1. The molecule has 1 aliphatic rings. The van der Waals surface area contributed by atoms with Crippen molar-refractivity contribution >= 4 is 15.9 Å². The molecule has 1 saturated carbocycles. The van der Waals surface area contributed by atoms with Gasteiger partial charge in [-0.15, -0.1) is 0 Å². The third-order valence-corrected chi connectivity index (χ3v) is 4.49. The van der Waals surface area contributed by atoms with Crippen molar-refractivity contribution in [2.45, 2.75) is 39.0 Å². The molecule has 0 atom stereocenters. The van der Waals surface area contributed by atoms with Gasteiger partial charge >= 0.3 is 0 Å². The molecule has 0 unspecified atom stereocenters. The minimum atomic E-state index is -3.17. The van der Waals surface area contributed by atoms with Crippen molar-refractivity contribution in [2.24, 2.45) is 16.6 Å². The fourth-order valence-electron chi connectivity index (χ4n) is 2.11. The molecule has 0 aromatic rings. The van der Waals surface area contributed by atoms with Crippen LogP contribution in [0.4, 0.5) is 0 Å². The topological polar surface area (TPSA) is 84.5 Å². The highest BCUT2D eigenvalue weighted by Gasteiger charge is 2.17. The quantitative estimate of drug-likeness (QED) is 0.549. The summed E-state index contributed by atoms with van der Waals surface area (Å²) in [5.74, 6) is 1.02. The largest absolute Gasteiger partial charge is 0.387 e. The molecule has 0 amide bonds. The van der Waals surface area contributed by atoms with Crippen LogP contribution in [0.3, 0.4) is 0 Å². The van der Waals surface area contributed by atoms with Crippen LogP contribution in [0.5, 0.6) is 0 Å². The van der Waals surface area contributed by atoms with Gasteiger partial charge < -0.3 is 5.73 Å². The van der Waals surface area contributed by atoms with E-state index < -0.39 is 10.0 Å². The van der Waals surface area contributed by atoms with Crippen LogP contribution in [0.2, 0.25) is 0 Å². The van der Waals surface area contributed by atoms with Crippen molar-refractivity contribution in [2.75, 3.05) is 18.8 Å². The maximum Gasteiger partial charge on any atom is 0.213 e. The van der Waals surface area contributed by atoms with E-state index in [0.717, 1.165) is 12.8 Å². The molecule has 0 aromatic heterocycles. The zero-order valence-corrected chi connectivity index (χ0v) is 11.3. The van der Waals surface area contributed by atoms with Gasteiger partial charge in [-0.1, -0.05) is 26.2 Å². The van der Waals surface area contributed by atoms with Crippen molar-refractivity contribution < 1.29 is 8.42 Å². The Bertz CT molecular complexity index is 346. The van der Waals surface area contributed by atoms with E-state index >= 15 is 0 Å². The van der Waals surface area contributed by atoms with E-state index in [-0.39, 0.29) is 12.3 Å². The molecule has 0 aliphatic heterocycles. The number of hydrogen-bond acceptors (Lipinski definition) is 3. The van der Waals surface area contributed by atoms with Gasteiger partial charge in [-0.3, -0.25) is 4.99 Å². The van der Waals surface area contributed by atoms with Gasteiger partial charge in [-0.05, 0) is 12.8 Å². The summed E-state index contributed by atoms with van der Waals surface area (Å²) < 4.78 is 25.2. The number of nitrogens with zero attached hydrogens (tertiary/aromatic N) is 1. The second-order valence-electron chi connectivity index (χ2n) is 4.46. The Morgan fingerprint density at radius 2 is 2.00 bits per heavy atom. The summed E-state index contributed by atoms with van der Waals surface area (Å²) in [5.41, 5.74) is 5.89. The molecule has 0 saturated heterocycles. The number of nitrogens with one attached hydrogen (secondary N) is 1. The smallest absolute Gasteiger partial charge is 0.213 e. The Morgan fingerprint density at radius 3 is 2.59 bits per heavy atom. The molecule has 5 nitrogen and oxygen atoms in total. The Labute approximate surface area is 104 Å². The number of aliphatic imine (C=N–C) groups is 1. The van der Waals surface area contributed by atoms with Gasteiger partial charge in [0.1, 0.15) is 0 Å². The van der Waals surface area contributed by atoms with Crippen LogP contribution < -0.4 is 10.5 Å². The van der Waals surface area contributed by atoms with Gasteiger partial charge in [0.15, 0.2) is 0 Å². The van der Waals surface area contributed by atoms with Gasteiger partial charge in [0.05, 0.1) is 18.1 Å². The Hall–Kier alpha value is -0.620. The minimum absolute atomic E-state index is 0.0221. The second-order valence-corrected chi connectivity index (χ2v) is 6.38. The molecule has 1 rings (SSSR count). The summed E-state index contributed by atoms with van der Waals surface area (Å²) in [6, 6.07) is 0. The van der Waals surface area contributed by atoms with Crippen molar-refractivity contribution in [1.82, 2.24) is 4.72 Å². The Morgan fingerprint density at radius 1 is 1.35 bits per heavy atom. The number of rotatable bonds is 6. The number of sulfonamides is 1. The molecule has 0 radical (unpaired) electrons. The van der Waals surface area contributed by atoms with E-state index in [9.17, 15) is 8.42 Å². The van der Waals surface area contributed by atoms with Gasteiger partial charge in [-0.2, -0.15) is 0 Å². The first-order valence-corrected chi connectivity index (χ1v) is 7.97. The molecule has 100 valence electrons. The van der Waals surface area contributed by atoms with E-state index in [2.05, 4.69) is 9.71 Å². The van der Waals surface area contributed by atoms with E-state index in [0.29, 0.717) is 18.3 Å². The zero-order valence-electron chi connectivity index (χ0n) is 10.5. The van der Waals surface area contributed by atoms with Gasteiger partial charge in [0.25, 0.3) is 0 Å². The maximum atomic E-state index is 11.4. The highest BCUT2D eigenvalue weighted by Crippen LogP contribution is 2.23. The number of amidine groups is 1. The lowest BCUT2D eigenvalue weighted by Crippen LogP contribution is -2.29. The summed E-state index contributed by atoms with van der Waals surface area (Å²) in [4.78, 5) is 4.19. The lowest BCUT2D eigenvalue weighted by atomic mass is 9.88. The molecule has 1 aliphatic carbocycles. The summed E-state index contributed by atoms with van der Waals surface area (Å²) in [6.07, 6.45) is 5.87. The first kappa shape index (κ1) is 14.4. The van der Waals surface area contributed by atoms with Crippen LogP contribution in [0.15, 0.2) is 4.99 Å². The lowest BCUT2D eigenvalue weighted by Gasteiger charge is -2.20. The summed E-state index contributed by atoms with van der Waals surface area (Å²) in [5, 5.41) is 0. The number of hydrogen-bond donors (Lipinski definition) is 2. The molecule has 0 bridgehead atoms. The predicted octanol–water partition coefficient (Wildman–Crippen LogP) is 0.863. The Kier molecular flexibility index (Phi) is 5.91. The molecular formula is C11H23N3O2S. The monoisotopic (exact) mass is 261 g/mol.